The molecule has 0 aliphatic carbocycles. The number of hydrazine groups is 1. The number of hydrogen-bond donors (Lipinski definition) is 4. The van der Waals surface area contributed by atoms with Crippen LogP contribution in [0.15, 0.2) is 110 Å². The van der Waals surface area contributed by atoms with Crippen molar-refractivity contribution in [2.75, 3.05) is 11.9 Å². The molecule has 0 radical (unpaired) electrons. The summed E-state index contributed by atoms with van der Waals surface area (Å²) in [6.45, 7) is 7.09. The molecule has 5 rings (SSSR count). The van der Waals surface area contributed by atoms with Gasteiger partial charge in [0, 0.05) is 34.4 Å². The molecule has 4 N–H and O–H groups in total. The maximum Gasteiger partial charge on any atom is 0.269 e. The van der Waals surface area contributed by atoms with Crippen molar-refractivity contribution in [3.05, 3.63) is 143 Å². The van der Waals surface area contributed by atoms with Crippen LogP contribution in [-0.4, -0.2) is 18.4 Å². The van der Waals surface area contributed by atoms with Crippen LogP contribution >= 0.6 is 0 Å². The van der Waals surface area contributed by atoms with Crippen molar-refractivity contribution in [1.82, 2.24) is 10.9 Å². The minimum absolute atomic E-state index is 0.170. The maximum atomic E-state index is 12.7. The first-order valence-electron chi connectivity index (χ1n) is 12.8. The summed E-state index contributed by atoms with van der Waals surface area (Å²) in [7, 11) is 0. The van der Waals surface area contributed by atoms with Crippen LogP contribution < -0.4 is 21.1 Å². The Morgan fingerprint density at radius 3 is 2.05 bits per heavy atom. The predicted molar refractivity (Wildman–Crippen MR) is 150 cm³/mol. The number of anilines is 1. The summed E-state index contributed by atoms with van der Waals surface area (Å²) in [6, 6.07) is 32.8. The van der Waals surface area contributed by atoms with E-state index < -0.39 is 0 Å². The highest BCUT2D eigenvalue weighted by Crippen LogP contribution is 2.15. The average molecular weight is 504 g/mol. The lowest BCUT2D eigenvalue weighted by Gasteiger charge is -2.26. The molecule has 0 fully saturated rings. The number of nitrogens with one attached hydrogen (secondary N) is 4. The Morgan fingerprint density at radius 2 is 1.32 bits per heavy atom. The summed E-state index contributed by atoms with van der Waals surface area (Å²) < 4.78 is 0. The van der Waals surface area contributed by atoms with E-state index in [2.05, 4.69) is 47.0 Å². The van der Waals surface area contributed by atoms with Crippen LogP contribution in [0.2, 0.25) is 0 Å². The number of fused-ring (bicyclic) bond motifs is 1. The smallest absolute Gasteiger partial charge is 0.269 e. The van der Waals surface area contributed by atoms with E-state index in [1.807, 2.05) is 54.6 Å². The van der Waals surface area contributed by atoms with Crippen LogP contribution in [0.4, 0.5) is 5.69 Å². The Labute approximate surface area is 223 Å². The van der Waals surface area contributed by atoms with Crippen LogP contribution in [0.3, 0.4) is 0 Å². The third-order valence-electron chi connectivity index (χ3n) is 6.83. The fourth-order valence-electron chi connectivity index (χ4n) is 4.68. The first-order chi connectivity index (χ1) is 18.5. The van der Waals surface area contributed by atoms with E-state index >= 15 is 0 Å². The molecule has 1 aliphatic heterocycles. The molecule has 38 heavy (non-hydrogen) atoms. The van der Waals surface area contributed by atoms with Gasteiger partial charge in [-0.15, -0.1) is 0 Å². The van der Waals surface area contributed by atoms with Gasteiger partial charge < -0.3 is 10.2 Å². The number of carbonyl (C=O) groups is 2. The highest BCUT2D eigenvalue weighted by molar-refractivity contribution is 6.04. The Bertz CT molecular complexity index is 1430. The molecule has 190 valence electrons. The quantitative estimate of drug-likeness (QED) is 0.275. The molecule has 4 aromatic carbocycles. The van der Waals surface area contributed by atoms with E-state index in [0.29, 0.717) is 22.5 Å². The number of hydrogen-bond acceptors (Lipinski definition) is 3. The van der Waals surface area contributed by atoms with Crippen molar-refractivity contribution in [2.24, 2.45) is 0 Å². The molecule has 6 nitrogen and oxygen atoms in total. The van der Waals surface area contributed by atoms with Gasteiger partial charge in [0.15, 0.2) is 0 Å². The zero-order valence-electron chi connectivity index (χ0n) is 21.2. The summed E-state index contributed by atoms with van der Waals surface area (Å²) in [5.74, 6) is -0.403. The molecule has 1 heterocycles. The summed E-state index contributed by atoms with van der Waals surface area (Å²) >= 11 is 0. The second kappa shape index (κ2) is 11.6. The van der Waals surface area contributed by atoms with Gasteiger partial charge in [-0.1, -0.05) is 73.3 Å². The molecule has 0 aromatic heterocycles. The topological polar surface area (TPSA) is 74.7 Å². The lowest BCUT2D eigenvalue weighted by atomic mass is 9.99. The van der Waals surface area contributed by atoms with Gasteiger partial charge in [0.1, 0.15) is 13.1 Å². The number of benzene rings is 4. The van der Waals surface area contributed by atoms with E-state index in [1.165, 1.54) is 21.6 Å². The van der Waals surface area contributed by atoms with Gasteiger partial charge in [-0.25, -0.2) is 0 Å². The van der Waals surface area contributed by atoms with Crippen LogP contribution in [0.25, 0.3) is 5.70 Å². The lowest BCUT2D eigenvalue weighted by Crippen LogP contribution is -3.10. The molecule has 1 atom stereocenters. The largest absolute Gasteiger partial charge is 0.327 e. The highest BCUT2D eigenvalue weighted by Gasteiger charge is 2.19. The molecule has 2 amide bonds. The van der Waals surface area contributed by atoms with Gasteiger partial charge >= 0.3 is 0 Å². The van der Waals surface area contributed by atoms with Gasteiger partial charge in [0.05, 0.1) is 12.2 Å². The molecular formula is C32H31N4O2+. The molecule has 4 aromatic rings. The van der Waals surface area contributed by atoms with Crippen molar-refractivity contribution >= 4 is 23.2 Å². The van der Waals surface area contributed by atoms with Gasteiger partial charge in [-0.2, -0.15) is 0 Å². The third-order valence-corrected chi connectivity index (χ3v) is 6.83. The minimum Gasteiger partial charge on any atom is -0.327 e. The first kappa shape index (κ1) is 25.0. The van der Waals surface area contributed by atoms with Gasteiger partial charge in [0.25, 0.3) is 11.8 Å². The fraction of sp³-hybridized carbons (Fsp3) is 0.125. The lowest BCUT2D eigenvalue weighted by molar-refractivity contribution is -0.929. The van der Waals surface area contributed by atoms with E-state index in [0.717, 1.165) is 31.6 Å². The second-order valence-corrected chi connectivity index (χ2v) is 9.52. The van der Waals surface area contributed by atoms with E-state index in [-0.39, 0.29) is 11.8 Å². The van der Waals surface area contributed by atoms with E-state index in [1.54, 1.807) is 24.3 Å². The molecule has 0 spiro atoms. The Hall–Kier alpha value is -4.68. The summed E-state index contributed by atoms with van der Waals surface area (Å²) in [5.41, 5.74) is 12.9. The number of amides is 2. The molecular weight excluding hydrogens is 472 g/mol. The van der Waals surface area contributed by atoms with Crippen LogP contribution in [-0.2, 0) is 19.5 Å². The van der Waals surface area contributed by atoms with E-state index in [9.17, 15) is 9.59 Å². The zero-order chi connectivity index (χ0) is 26.3. The van der Waals surface area contributed by atoms with Crippen molar-refractivity contribution < 1.29 is 14.5 Å². The number of quaternary nitrogens is 1. The average Bonchev–Trinajstić information content (AvgIpc) is 2.97. The minimum atomic E-state index is -0.233. The normalized spacial score (nSPS) is 14.2. The molecule has 0 bridgehead atoms. The summed E-state index contributed by atoms with van der Waals surface area (Å²) in [6.07, 6.45) is 1.10. The Kier molecular flexibility index (Phi) is 7.62. The van der Waals surface area contributed by atoms with E-state index in [4.69, 9.17) is 0 Å². The molecule has 0 saturated carbocycles. The van der Waals surface area contributed by atoms with Gasteiger partial charge in [-0.3, -0.25) is 20.4 Å². The predicted octanol–water partition coefficient (Wildman–Crippen LogP) is 3.99. The third kappa shape index (κ3) is 6.17. The zero-order valence-corrected chi connectivity index (χ0v) is 21.2. The van der Waals surface area contributed by atoms with Gasteiger partial charge in [0.2, 0.25) is 0 Å². The number of carbonyl (C=O) groups excluding carboxylic acids is 2. The summed E-state index contributed by atoms with van der Waals surface area (Å²) in [4.78, 5) is 26.5. The fourth-order valence-corrected chi connectivity index (χ4v) is 4.68. The Morgan fingerprint density at radius 1 is 0.684 bits per heavy atom. The SMILES string of the molecule is C=C(NNC(=O)c1ccc(C[NH+]2CCc3ccccc3C2)cc1)c1ccc(NC(=O)c2ccccc2)cc1. The van der Waals surface area contributed by atoms with Gasteiger partial charge in [-0.05, 0) is 47.5 Å². The van der Waals surface area contributed by atoms with Crippen molar-refractivity contribution in [1.29, 1.82) is 0 Å². The van der Waals surface area contributed by atoms with Crippen molar-refractivity contribution in [3.8, 4) is 0 Å². The monoisotopic (exact) mass is 503 g/mol. The molecule has 1 aliphatic rings. The Balaban J connectivity index is 1.10. The highest BCUT2D eigenvalue weighted by atomic mass is 16.2. The van der Waals surface area contributed by atoms with Crippen molar-refractivity contribution in [2.45, 2.75) is 19.5 Å². The van der Waals surface area contributed by atoms with Crippen LogP contribution in [0.1, 0.15) is 43.0 Å². The second-order valence-electron chi connectivity index (χ2n) is 9.52. The standard InChI is InChI=1S/C32H30N4O2/c1-23(25-15-17-30(18-16-25)33-31(37)27-8-3-2-4-9-27)34-35-32(38)28-13-11-24(12-14-28)21-36-20-19-26-7-5-6-10-29(26)22-36/h2-18,34H,1,19-22H2,(H,33,37)(H,35,38)/p+1. The molecule has 1 unspecified atom stereocenters. The van der Waals surface area contributed by atoms with Crippen molar-refractivity contribution in [3.63, 3.8) is 0 Å². The molecule has 0 saturated heterocycles. The van der Waals surface area contributed by atoms with Crippen LogP contribution in [0, 0.1) is 0 Å². The summed E-state index contributed by atoms with van der Waals surface area (Å²) in [5, 5.41) is 2.87. The number of rotatable bonds is 8. The molecule has 6 heteroatoms. The maximum absolute atomic E-state index is 12.7. The van der Waals surface area contributed by atoms with Crippen LogP contribution in [0.5, 0.6) is 0 Å². The first-order valence-corrected chi connectivity index (χ1v) is 12.8.